The summed E-state index contributed by atoms with van der Waals surface area (Å²) < 4.78 is 4.50. The number of hydrogen-bond acceptors (Lipinski definition) is 0. The highest BCUT2D eigenvalue weighted by Crippen LogP contribution is 2.30. The Balaban J connectivity index is 1.66. The van der Waals surface area contributed by atoms with E-state index in [1.165, 1.54) is 33.4 Å². The molecule has 156 valence electrons. The number of fused-ring (bicyclic) bond motifs is 7. The van der Waals surface area contributed by atoms with E-state index in [4.69, 9.17) is 0 Å². The van der Waals surface area contributed by atoms with Crippen LogP contribution in [0.4, 0.5) is 0 Å². The first kappa shape index (κ1) is 19.4. The SMILES string of the molecule is C1=C/c2ccccc2-c2cccc[n+]2-[n+]2ccccc2-c2cc(-c3ccccc3)ccc2C/1. The Bertz CT molecular complexity index is 1480. The molecule has 0 saturated heterocycles. The Hall–Kier alpha value is -4.30. The zero-order valence-corrected chi connectivity index (χ0v) is 18.3. The fourth-order valence-corrected chi connectivity index (χ4v) is 4.66. The molecule has 0 fully saturated rings. The molecule has 5 aromatic rings. The van der Waals surface area contributed by atoms with E-state index in [1.807, 2.05) is 0 Å². The van der Waals surface area contributed by atoms with Crippen LogP contribution in [0.5, 0.6) is 0 Å². The molecule has 1 aliphatic rings. The van der Waals surface area contributed by atoms with Crippen molar-refractivity contribution in [3.8, 4) is 33.6 Å². The minimum Gasteiger partial charge on any atom is -0.0795 e. The monoisotopic (exact) mass is 424 g/mol. The van der Waals surface area contributed by atoms with Crippen LogP contribution in [0.2, 0.25) is 0 Å². The summed E-state index contributed by atoms with van der Waals surface area (Å²) in [6.45, 7) is 0. The van der Waals surface area contributed by atoms with E-state index in [2.05, 4.69) is 143 Å². The number of benzene rings is 3. The standard InChI is InChI=1S/C31H24N2/c1-2-11-24(12-3-1)27-20-19-26-15-10-14-25-13-4-5-16-28(25)30-17-6-8-21-32(30)33-22-9-7-18-31(33)29(26)23-27/h1-14,16-23H,15H2/q+2/b14-10+. The van der Waals surface area contributed by atoms with Crippen molar-refractivity contribution in [1.29, 1.82) is 0 Å². The van der Waals surface area contributed by atoms with E-state index in [9.17, 15) is 0 Å². The molecule has 0 bridgehead atoms. The quantitative estimate of drug-likeness (QED) is 0.285. The summed E-state index contributed by atoms with van der Waals surface area (Å²) in [5.41, 5.74) is 9.76. The van der Waals surface area contributed by atoms with E-state index in [-0.39, 0.29) is 0 Å². The molecule has 0 unspecified atom stereocenters. The van der Waals surface area contributed by atoms with E-state index < -0.39 is 0 Å². The molecule has 2 heteroatoms. The van der Waals surface area contributed by atoms with Gasteiger partial charge in [-0.1, -0.05) is 72.8 Å². The zero-order valence-electron chi connectivity index (χ0n) is 18.3. The molecular formula is C31H24N2+2. The van der Waals surface area contributed by atoms with Gasteiger partial charge in [0.05, 0.1) is 20.5 Å². The highest BCUT2D eigenvalue weighted by molar-refractivity contribution is 5.74. The maximum atomic E-state index is 2.33. The molecule has 0 amide bonds. The second kappa shape index (κ2) is 8.33. The van der Waals surface area contributed by atoms with Gasteiger partial charge in [0.15, 0.2) is 0 Å². The average molecular weight is 425 g/mol. The van der Waals surface area contributed by atoms with Crippen LogP contribution in [0.15, 0.2) is 128 Å². The zero-order chi connectivity index (χ0) is 22.0. The third-order valence-electron chi connectivity index (χ3n) is 6.28. The number of pyridine rings is 2. The van der Waals surface area contributed by atoms with Crippen LogP contribution in [0, 0.1) is 0 Å². The van der Waals surface area contributed by atoms with Crippen molar-refractivity contribution in [3.63, 3.8) is 0 Å². The Morgan fingerprint density at radius 3 is 1.97 bits per heavy atom. The maximum Gasteiger partial charge on any atom is 0.284 e. The molecule has 1 aliphatic heterocycles. The van der Waals surface area contributed by atoms with Gasteiger partial charge in [-0.05, 0) is 52.9 Å². The van der Waals surface area contributed by atoms with Crippen molar-refractivity contribution in [3.05, 3.63) is 139 Å². The van der Waals surface area contributed by atoms with Crippen LogP contribution in [0.3, 0.4) is 0 Å². The van der Waals surface area contributed by atoms with Gasteiger partial charge in [-0.3, -0.25) is 0 Å². The Morgan fingerprint density at radius 2 is 1.18 bits per heavy atom. The minimum absolute atomic E-state index is 0.870. The van der Waals surface area contributed by atoms with E-state index in [1.54, 1.807) is 0 Å². The number of allylic oxidation sites excluding steroid dienone is 1. The second-order valence-corrected chi connectivity index (χ2v) is 8.29. The molecule has 0 atom stereocenters. The van der Waals surface area contributed by atoms with Gasteiger partial charge in [-0.15, -0.1) is 0 Å². The van der Waals surface area contributed by atoms with Gasteiger partial charge in [0.25, 0.3) is 11.4 Å². The van der Waals surface area contributed by atoms with Crippen molar-refractivity contribution in [2.24, 2.45) is 0 Å². The van der Waals surface area contributed by atoms with E-state index in [0.717, 1.165) is 17.8 Å². The largest absolute Gasteiger partial charge is 0.284 e. The number of hydrogen-bond donors (Lipinski definition) is 0. The number of rotatable bonds is 1. The molecule has 0 radical (unpaired) electrons. The van der Waals surface area contributed by atoms with Crippen LogP contribution in [-0.2, 0) is 6.42 Å². The van der Waals surface area contributed by atoms with Gasteiger partial charge < -0.3 is 0 Å². The summed E-state index contributed by atoms with van der Waals surface area (Å²) in [6.07, 6.45) is 9.69. The lowest BCUT2D eigenvalue weighted by atomic mass is 9.95. The van der Waals surface area contributed by atoms with Crippen molar-refractivity contribution in [1.82, 2.24) is 0 Å². The normalized spacial score (nSPS) is 13.0. The van der Waals surface area contributed by atoms with Gasteiger partial charge in [0.2, 0.25) is 12.4 Å². The van der Waals surface area contributed by atoms with Crippen molar-refractivity contribution < 1.29 is 9.35 Å². The maximum absolute atomic E-state index is 2.33. The average Bonchev–Trinajstić information content (AvgIpc) is 2.91. The molecule has 6 rings (SSSR count). The van der Waals surface area contributed by atoms with E-state index >= 15 is 0 Å². The molecule has 2 nitrogen and oxygen atoms in total. The van der Waals surface area contributed by atoms with Crippen LogP contribution in [0.25, 0.3) is 39.7 Å². The first-order valence-corrected chi connectivity index (χ1v) is 11.4. The van der Waals surface area contributed by atoms with Crippen molar-refractivity contribution >= 4 is 6.08 Å². The first-order chi connectivity index (χ1) is 16.4. The Kier molecular flexibility index (Phi) is 4.89. The highest BCUT2D eigenvalue weighted by atomic mass is 15.4. The first-order valence-electron chi connectivity index (χ1n) is 11.4. The Morgan fingerprint density at radius 1 is 0.515 bits per heavy atom. The summed E-state index contributed by atoms with van der Waals surface area (Å²) >= 11 is 0. The summed E-state index contributed by atoms with van der Waals surface area (Å²) in [4.78, 5) is 0. The van der Waals surface area contributed by atoms with Gasteiger partial charge in [0, 0.05) is 24.3 Å². The number of aromatic nitrogens is 2. The summed E-state index contributed by atoms with van der Waals surface area (Å²) in [5, 5.41) is 0. The number of nitrogens with zero attached hydrogens (tertiary/aromatic N) is 2. The lowest BCUT2D eigenvalue weighted by molar-refractivity contribution is -1.29. The predicted molar refractivity (Wildman–Crippen MR) is 133 cm³/mol. The lowest BCUT2D eigenvalue weighted by Crippen LogP contribution is -2.68. The summed E-state index contributed by atoms with van der Waals surface area (Å²) in [7, 11) is 0. The molecule has 0 aliphatic carbocycles. The molecule has 33 heavy (non-hydrogen) atoms. The smallest absolute Gasteiger partial charge is 0.0795 e. The fourth-order valence-electron chi connectivity index (χ4n) is 4.66. The molecule has 2 aromatic heterocycles. The Labute approximate surface area is 194 Å². The van der Waals surface area contributed by atoms with Crippen molar-refractivity contribution in [2.45, 2.75) is 6.42 Å². The van der Waals surface area contributed by atoms with E-state index in [0.29, 0.717) is 0 Å². The molecule has 0 spiro atoms. The lowest BCUT2D eigenvalue weighted by Gasteiger charge is -2.09. The third kappa shape index (κ3) is 3.56. The van der Waals surface area contributed by atoms with Gasteiger partial charge in [-0.25, -0.2) is 0 Å². The van der Waals surface area contributed by atoms with Crippen LogP contribution in [-0.4, -0.2) is 0 Å². The van der Waals surface area contributed by atoms with Gasteiger partial charge >= 0.3 is 0 Å². The van der Waals surface area contributed by atoms with Crippen LogP contribution < -0.4 is 9.35 Å². The topological polar surface area (TPSA) is 7.76 Å². The molecular weight excluding hydrogens is 400 g/mol. The summed E-state index contributed by atoms with van der Waals surface area (Å²) in [6, 6.07) is 38.9. The summed E-state index contributed by atoms with van der Waals surface area (Å²) in [5.74, 6) is 0. The fraction of sp³-hybridized carbons (Fsp3) is 0.0323. The minimum atomic E-state index is 0.870. The predicted octanol–water partition coefficient (Wildman–Crippen LogP) is 6.14. The van der Waals surface area contributed by atoms with Gasteiger partial charge in [-0.2, -0.15) is 0 Å². The molecule has 3 heterocycles. The molecule has 0 N–H and O–H groups in total. The van der Waals surface area contributed by atoms with Gasteiger partial charge in [0.1, 0.15) is 0 Å². The highest BCUT2D eigenvalue weighted by Gasteiger charge is 2.28. The molecule has 3 aromatic carbocycles. The van der Waals surface area contributed by atoms with Crippen LogP contribution in [0.1, 0.15) is 11.1 Å². The third-order valence-corrected chi connectivity index (χ3v) is 6.28. The second-order valence-electron chi connectivity index (χ2n) is 8.29. The van der Waals surface area contributed by atoms with Crippen molar-refractivity contribution in [2.75, 3.05) is 0 Å². The molecule has 0 saturated carbocycles. The van der Waals surface area contributed by atoms with Crippen LogP contribution >= 0.6 is 0 Å².